The molecule has 2 fully saturated rings. The molecule has 0 aliphatic heterocycles. The van der Waals surface area contributed by atoms with Crippen molar-refractivity contribution in [2.45, 2.75) is 64.4 Å². The zero-order valence-electron chi connectivity index (χ0n) is 15.0. The molecule has 0 heterocycles. The maximum atomic E-state index is 6.70. The van der Waals surface area contributed by atoms with Crippen LogP contribution in [0, 0.1) is 29.1 Å². The van der Waals surface area contributed by atoms with Gasteiger partial charge >= 0.3 is 0 Å². The second-order valence-electron chi connectivity index (χ2n) is 8.13. The van der Waals surface area contributed by atoms with Crippen LogP contribution in [0.3, 0.4) is 0 Å². The van der Waals surface area contributed by atoms with Crippen LogP contribution in [0.2, 0.25) is 5.02 Å². The topological polar surface area (TPSA) is 9.23 Å². The van der Waals surface area contributed by atoms with Gasteiger partial charge in [-0.3, -0.25) is 0 Å². The van der Waals surface area contributed by atoms with Gasteiger partial charge in [-0.1, -0.05) is 30.5 Å². The van der Waals surface area contributed by atoms with E-state index in [9.17, 15) is 0 Å². The van der Waals surface area contributed by atoms with Crippen molar-refractivity contribution in [1.82, 2.24) is 0 Å². The summed E-state index contributed by atoms with van der Waals surface area (Å²) in [5.41, 5.74) is 4.27. The third-order valence-corrected chi connectivity index (χ3v) is 7.73. The van der Waals surface area contributed by atoms with Gasteiger partial charge in [-0.15, -0.1) is 5.92 Å². The first-order valence-electron chi connectivity index (χ1n) is 9.37. The zero-order valence-corrected chi connectivity index (χ0v) is 15.7. The molecule has 0 saturated heterocycles. The first-order valence-corrected chi connectivity index (χ1v) is 9.74. The number of halogens is 1. The highest BCUT2D eigenvalue weighted by Gasteiger charge is 2.55. The van der Waals surface area contributed by atoms with E-state index in [-0.39, 0.29) is 0 Å². The number of methoxy groups -OCH3 is 1. The summed E-state index contributed by atoms with van der Waals surface area (Å²) >= 11 is 6.70. The summed E-state index contributed by atoms with van der Waals surface area (Å²) in [5, 5.41) is 0.912. The summed E-state index contributed by atoms with van der Waals surface area (Å²) in [7, 11) is 1.90. The molecule has 24 heavy (non-hydrogen) atoms. The van der Waals surface area contributed by atoms with Crippen LogP contribution in [0.15, 0.2) is 12.1 Å². The minimum Gasteiger partial charge on any atom is -0.381 e. The molecule has 4 rings (SSSR count). The number of rotatable bonds is 1. The number of benzene rings is 1. The lowest BCUT2D eigenvalue weighted by atomic mass is 9.55. The van der Waals surface area contributed by atoms with Crippen LogP contribution < -0.4 is 0 Å². The summed E-state index contributed by atoms with van der Waals surface area (Å²) < 4.78 is 5.86. The van der Waals surface area contributed by atoms with Gasteiger partial charge in [0, 0.05) is 12.7 Å². The van der Waals surface area contributed by atoms with E-state index >= 15 is 0 Å². The van der Waals surface area contributed by atoms with Crippen LogP contribution in [0.1, 0.15) is 68.6 Å². The highest BCUT2D eigenvalue weighted by molar-refractivity contribution is 6.32. The number of hydrogen-bond donors (Lipinski definition) is 0. The van der Waals surface area contributed by atoms with Crippen molar-refractivity contribution in [3.63, 3.8) is 0 Å². The van der Waals surface area contributed by atoms with E-state index in [4.69, 9.17) is 16.3 Å². The molecule has 3 aliphatic carbocycles. The van der Waals surface area contributed by atoms with Crippen LogP contribution in [-0.2, 0) is 11.2 Å². The molecule has 1 nitrogen and oxygen atoms in total. The van der Waals surface area contributed by atoms with Crippen molar-refractivity contribution in [2.24, 2.45) is 17.3 Å². The van der Waals surface area contributed by atoms with Gasteiger partial charge in [-0.05, 0) is 85.8 Å². The van der Waals surface area contributed by atoms with E-state index in [0.717, 1.165) is 28.8 Å². The van der Waals surface area contributed by atoms with Gasteiger partial charge in [0.2, 0.25) is 0 Å². The minimum absolute atomic E-state index is 0.380. The molecule has 2 saturated carbocycles. The van der Waals surface area contributed by atoms with E-state index in [2.05, 4.69) is 30.9 Å². The quantitative estimate of drug-likeness (QED) is 0.605. The third-order valence-electron chi connectivity index (χ3n) is 7.30. The molecule has 0 bridgehead atoms. The molecular formula is C22H27ClO. The van der Waals surface area contributed by atoms with Gasteiger partial charge in [0.25, 0.3) is 0 Å². The lowest BCUT2D eigenvalue weighted by Crippen LogP contribution is -2.44. The van der Waals surface area contributed by atoms with Gasteiger partial charge < -0.3 is 4.74 Å². The van der Waals surface area contributed by atoms with Crippen molar-refractivity contribution in [3.8, 4) is 11.8 Å². The van der Waals surface area contributed by atoms with E-state index in [0.29, 0.717) is 17.4 Å². The second kappa shape index (κ2) is 6.08. The van der Waals surface area contributed by atoms with Crippen molar-refractivity contribution in [1.29, 1.82) is 0 Å². The fraction of sp³-hybridized carbons (Fsp3) is 0.636. The monoisotopic (exact) mass is 342 g/mol. The summed E-state index contributed by atoms with van der Waals surface area (Å²) in [4.78, 5) is 0. The van der Waals surface area contributed by atoms with Gasteiger partial charge in [-0.25, -0.2) is 0 Å². The minimum atomic E-state index is 0.380. The number of fused-ring (bicyclic) bond motifs is 5. The van der Waals surface area contributed by atoms with Gasteiger partial charge in [-0.2, -0.15) is 0 Å². The number of ether oxygens (including phenoxy) is 1. The summed E-state index contributed by atoms with van der Waals surface area (Å²) in [5.74, 6) is 8.44. The molecule has 128 valence electrons. The van der Waals surface area contributed by atoms with E-state index in [1.54, 1.807) is 0 Å². The van der Waals surface area contributed by atoms with Crippen LogP contribution >= 0.6 is 11.6 Å². The van der Waals surface area contributed by atoms with Gasteiger partial charge in [0.05, 0.1) is 11.1 Å². The first kappa shape index (κ1) is 16.5. The smallest absolute Gasteiger partial charge is 0.0627 e. The van der Waals surface area contributed by atoms with Crippen LogP contribution in [0.4, 0.5) is 0 Å². The predicted octanol–water partition coefficient (Wildman–Crippen LogP) is 5.58. The predicted molar refractivity (Wildman–Crippen MR) is 99.4 cm³/mol. The fourth-order valence-electron chi connectivity index (χ4n) is 6.20. The van der Waals surface area contributed by atoms with Crippen molar-refractivity contribution in [3.05, 3.63) is 33.8 Å². The molecule has 3 aliphatic rings. The first-order chi connectivity index (χ1) is 11.6. The summed E-state index contributed by atoms with van der Waals surface area (Å²) in [6, 6.07) is 4.46. The van der Waals surface area contributed by atoms with Crippen molar-refractivity contribution in [2.75, 3.05) is 7.11 Å². The standard InChI is InChI=1S/C22H27ClO/c1-4-5-14-6-7-15-16-12-13-22(2)19(10-11-20(22)24-3)17(16)8-9-18(15)21(14)23/h6-7,16-17,19-20H,8-13H2,1-3H3/t16?,17?,19?,20-,22-/m0/s1. The third kappa shape index (κ3) is 2.27. The normalized spacial score (nSPS) is 37.0. The molecule has 0 N–H and O–H groups in total. The molecule has 5 atom stereocenters. The van der Waals surface area contributed by atoms with Gasteiger partial charge in [0.15, 0.2) is 0 Å². The fourth-order valence-corrected chi connectivity index (χ4v) is 6.51. The Hall–Kier alpha value is -0.970. The molecule has 1 aromatic carbocycles. The Morgan fingerprint density at radius 3 is 2.79 bits per heavy atom. The maximum Gasteiger partial charge on any atom is 0.0627 e. The Morgan fingerprint density at radius 2 is 2.04 bits per heavy atom. The SMILES string of the molecule is CC#Cc1ccc2c(c1Cl)CCC1C2CC[C@@]2(C)C1CC[C@@H]2OC. The Labute approximate surface area is 151 Å². The molecule has 1 aromatic rings. The highest BCUT2D eigenvalue weighted by Crippen LogP contribution is 2.61. The van der Waals surface area contributed by atoms with Crippen LogP contribution in [0.5, 0.6) is 0 Å². The molecule has 0 amide bonds. The Balaban J connectivity index is 1.70. The van der Waals surface area contributed by atoms with E-state index in [1.807, 2.05) is 14.0 Å². The van der Waals surface area contributed by atoms with Crippen molar-refractivity contribution < 1.29 is 4.74 Å². The Bertz CT molecular complexity index is 713. The van der Waals surface area contributed by atoms with Crippen molar-refractivity contribution >= 4 is 11.6 Å². The summed E-state index contributed by atoms with van der Waals surface area (Å²) in [6.07, 6.45) is 7.97. The molecule has 0 aromatic heterocycles. The molecule has 0 spiro atoms. The Morgan fingerprint density at radius 1 is 1.21 bits per heavy atom. The summed E-state index contributed by atoms with van der Waals surface area (Å²) in [6.45, 7) is 4.36. The van der Waals surface area contributed by atoms with E-state index < -0.39 is 0 Å². The zero-order chi connectivity index (χ0) is 16.9. The number of hydrogen-bond acceptors (Lipinski definition) is 1. The second-order valence-corrected chi connectivity index (χ2v) is 8.51. The molecule has 2 heteroatoms. The van der Waals surface area contributed by atoms with E-state index in [1.165, 1.54) is 43.2 Å². The van der Waals surface area contributed by atoms with Crippen LogP contribution in [0.25, 0.3) is 0 Å². The Kier molecular flexibility index (Phi) is 4.18. The lowest BCUT2D eigenvalue weighted by Gasteiger charge is -2.50. The average Bonchev–Trinajstić information content (AvgIpc) is 2.93. The molecular weight excluding hydrogens is 316 g/mol. The largest absolute Gasteiger partial charge is 0.381 e. The molecule has 3 unspecified atom stereocenters. The average molecular weight is 343 g/mol. The molecule has 0 radical (unpaired) electrons. The lowest BCUT2D eigenvalue weighted by molar-refractivity contribution is -0.0443. The van der Waals surface area contributed by atoms with Gasteiger partial charge in [0.1, 0.15) is 0 Å². The highest BCUT2D eigenvalue weighted by atomic mass is 35.5. The van der Waals surface area contributed by atoms with Crippen LogP contribution in [-0.4, -0.2) is 13.2 Å². The maximum absolute atomic E-state index is 6.70.